The molecule has 188 valence electrons. The monoisotopic (exact) mass is 499 g/mol. The van der Waals surface area contributed by atoms with Crippen LogP contribution in [0.2, 0.25) is 0 Å². The molecule has 1 saturated heterocycles. The van der Waals surface area contributed by atoms with Crippen molar-refractivity contribution in [3.05, 3.63) is 67.9 Å². The fourth-order valence-corrected chi connectivity index (χ4v) is 5.16. The number of aliphatic hydroxyl groups is 1. The van der Waals surface area contributed by atoms with Gasteiger partial charge in [-0.1, -0.05) is 32.8 Å². The summed E-state index contributed by atoms with van der Waals surface area (Å²) >= 11 is 1.42. The van der Waals surface area contributed by atoms with Gasteiger partial charge in [0.05, 0.1) is 16.5 Å². The summed E-state index contributed by atoms with van der Waals surface area (Å²) in [6.07, 6.45) is 5.22. The van der Waals surface area contributed by atoms with E-state index in [1.54, 1.807) is 4.90 Å². The molecule has 0 bridgehead atoms. The molecule has 1 atom stereocenters. The minimum atomic E-state index is -0.729. The van der Waals surface area contributed by atoms with Crippen LogP contribution in [0.15, 0.2) is 47.4 Å². The van der Waals surface area contributed by atoms with Crippen molar-refractivity contribution in [2.75, 3.05) is 26.2 Å². The first-order valence-electron chi connectivity index (χ1n) is 12.2. The Morgan fingerprint density at radius 1 is 1.06 bits per heavy atom. The van der Waals surface area contributed by atoms with Crippen molar-refractivity contribution in [2.24, 2.45) is 0 Å². The Kier molecular flexibility index (Phi) is 9.56. The van der Waals surface area contributed by atoms with Crippen LogP contribution in [-0.4, -0.2) is 57.7 Å². The number of carbonyl (C=O) groups is 2. The van der Waals surface area contributed by atoms with E-state index in [0.29, 0.717) is 6.54 Å². The van der Waals surface area contributed by atoms with Crippen LogP contribution in [0, 0.1) is 10.1 Å². The summed E-state index contributed by atoms with van der Waals surface area (Å²) in [5.41, 5.74) is 0.174. The van der Waals surface area contributed by atoms with Gasteiger partial charge < -0.3 is 14.9 Å². The molecule has 2 aromatic rings. The number of hydrogen-bond acceptors (Lipinski definition) is 7. The summed E-state index contributed by atoms with van der Waals surface area (Å²) in [6, 6.07) is 8.36. The van der Waals surface area contributed by atoms with Gasteiger partial charge in [-0.25, -0.2) is 0 Å². The van der Waals surface area contributed by atoms with Crippen molar-refractivity contribution in [1.29, 1.82) is 0 Å². The van der Waals surface area contributed by atoms with Gasteiger partial charge in [0.25, 0.3) is 17.4 Å². The van der Waals surface area contributed by atoms with Crippen molar-refractivity contribution >= 4 is 34.5 Å². The maximum absolute atomic E-state index is 13.1. The predicted molar refractivity (Wildman–Crippen MR) is 137 cm³/mol. The lowest BCUT2D eigenvalue weighted by molar-refractivity contribution is -0.384. The van der Waals surface area contributed by atoms with Gasteiger partial charge in [-0.15, -0.1) is 11.3 Å². The SMILES string of the molecule is CCCCN(CCCC)CCCN1C(=O)C(=O)C(=C(O)c2ccc([N+](=O)[O-])cc2)[C@@H]1c1cccs1. The van der Waals surface area contributed by atoms with Crippen LogP contribution in [-0.2, 0) is 9.59 Å². The first kappa shape index (κ1) is 26.6. The fourth-order valence-electron chi connectivity index (χ4n) is 4.31. The average Bonchev–Trinajstić information content (AvgIpc) is 3.47. The molecular weight excluding hydrogens is 466 g/mol. The number of amides is 1. The van der Waals surface area contributed by atoms with Crippen LogP contribution in [0.3, 0.4) is 0 Å². The third-order valence-electron chi connectivity index (χ3n) is 6.23. The molecule has 1 aliphatic rings. The molecule has 3 rings (SSSR count). The topological polar surface area (TPSA) is 104 Å². The lowest BCUT2D eigenvalue weighted by Gasteiger charge is -2.26. The van der Waals surface area contributed by atoms with E-state index in [9.17, 15) is 24.8 Å². The number of likely N-dealkylation sites (tertiary alicyclic amines) is 1. The number of nitro groups is 1. The average molecular weight is 500 g/mol. The zero-order chi connectivity index (χ0) is 25.4. The summed E-state index contributed by atoms with van der Waals surface area (Å²) in [5, 5.41) is 23.9. The van der Waals surface area contributed by atoms with Crippen molar-refractivity contribution in [3.8, 4) is 0 Å². The molecule has 0 radical (unpaired) electrons. The Hall–Kier alpha value is -3.04. The van der Waals surface area contributed by atoms with Crippen LogP contribution in [0.25, 0.3) is 5.76 Å². The number of carbonyl (C=O) groups excluding carboxylic acids is 2. The van der Waals surface area contributed by atoms with Crippen LogP contribution in [0.5, 0.6) is 0 Å². The first-order chi connectivity index (χ1) is 16.9. The Morgan fingerprint density at radius 2 is 1.69 bits per heavy atom. The second-order valence-corrected chi connectivity index (χ2v) is 9.69. The first-order valence-corrected chi connectivity index (χ1v) is 13.1. The smallest absolute Gasteiger partial charge is 0.295 e. The molecule has 9 heteroatoms. The van der Waals surface area contributed by atoms with Crippen molar-refractivity contribution in [1.82, 2.24) is 9.80 Å². The van der Waals surface area contributed by atoms with Crippen LogP contribution < -0.4 is 0 Å². The molecule has 35 heavy (non-hydrogen) atoms. The van der Waals surface area contributed by atoms with Gasteiger partial charge in [0.2, 0.25) is 0 Å². The highest BCUT2D eigenvalue weighted by molar-refractivity contribution is 7.10. The molecule has 1 aromatic carbocycles. The Labute approximate surface area is 210 Å². The quantitative estimate of drug-likeness (QED) is 0.131. The van der Waals surface area contributed by atoms with Crippen molar-refractivity contribution in [3.63, 3.8) is 0 Å². The Bertz CT molecular complexity index is 1040. The largest absolute Gasteiger partial charge is 0.507 e. The Balaban J connectivity index is 1.86. The van der Waals surface area contributed by atoms with Crippen LogP contribution in [0.1, 0.15) is 62.4 Å². The van der Waals surface area contributed by atoms with Gasteiger partial charge in [-0.2, -0.15) is 0 Å². The van der Waals surface area contributed by atoms with E-state index in [4.69, 9.17) is 0 Å². The van der Waals surface area contributed by atoms with Gasteiger partial charge in [0, 0.05) is 29.1 Å². The lowest BCUT2D eigenvalue weighted by atomic mass is 9.99. The number of benzene rings is 1. The lowest BCUT2D eigenvalue weighted by Crippen LogP contribution is -2.34. The normalized spacial score (nSPS) is 17.5. The number of non-ortho nitro benzene ring substituents is 1. The molecule has 1 aromatic heterocycles. The number of rotatable bonds is 13. The molecule has 8 nitrogen and oxygen atoms in total. The van der Waals surface area contributed by atoms with Gasteiger partial charge in [-0.05, 0) is 62.5 Å². The Morgan fingerprint density at radius 3 is 2.23 bits per heavy atom. The van der Waals surface area contributed by atoms with E-state index in [1.807, 2.05) is 17.5 Å². The molecule has 0 spiro atoms. The number of Topliss-reactive ketones (excluding diaryl/α,β-unsaturated/α-hetero) is 1. The number of hydrogen-bond donors (Lipinski definition) is 1. The third kappa shape index (κ3) is 6.35. The van der Waals surface area contributed by atoms with Gasteiger partial charge in [0.1, 0.15) is 5.76 Å². The van der Waals surface area contributed by atoms with Crippen molar-refractivity contribution < 1.29 is 19.6 Å². The summed E-state index contributed by atoms with van der Waals surface area (Å²) in [6.45, 7) is 7.61. The van der Waals surface area contributed by atoms with Crippen LogP contribution in [0.4, 0.5) is 5.69 Å². The highest BCUT2D eigenvalue weighted by atomic mass is 32.1. The molecule has 0 aliphatic carbocycles. The van der Waals surface area contributed by atoms with E-state index in [2.05, 4.69) is 18.7 Å². The molecule has 0 unspecified atom stereocenters. The van der Waals surface area contributed by atoms with Crippen LogP contribution >= 0.6 is 11.3 Å². The van der Waals surface area contributed by atoms with E-state index >= 15 is 0 Å². The van der Waals surface area contributed by atoms with E-state index in [1.165, 1.54) is 35.6 Å². The molecule has 1 N–H and O–H groups in total. The zero-order valence-corrected chi connectivity index (χ0v) is 21.1. The molecule has 1 amide bonds. The number of thiophene rings is 1. The molecule has 0 saturated carbocycles. The summed E-state index contributed by atoms with van der Waals surface area (Å²) in [4.78, 5) is 41.3. The number of ketones is 1. The van der Waals surface area contributed by atoms with Gasteiger partial charge >= 0.3 is 0 Å². The molecular formula is C26H33N3O5S. The summed E-state index contributed by atoms with van der Waals surface area (Å²) < 4.78 is 0. The van der Waals surface area contributed by atoms with Gasteiger partial charge in [0.15, 0.2) is 0 Å². The minimum absolute atomic E-state index is 0.0279. The molecule has 1 fully saturated rings. The minimum Gasteiger partial charge on any atom is -0.507 e. The van der Waals surface area contributed by atoms with E-state index in [0.717, 1.165) is 56.6 Å². The van der Waals surface area contributed by atoms with Gasteiger partial charge in [-0.3, -0.25) is 19.7 Å². The predicted octanol–water partition coefficient (Wildman–Crippen LogP) is 5.37. The van der Waals surface area contributed by atoms with E-state index < -0.39 is 22.7 Å². The number of unbranched alkanes of at least 4 members (excludes halogenated alkanes) is 2. The summed E-state index contributed by atoms with van der Waals surface area (Å²) in [5.74, 6) is -1.67. The zero-order valence-electron chi connectivity index (χ0n) is 20.3. The third-order valence-corrected chi connectivity index (χ3v) is 7.16. The maximum Gasteiger partial charge on any atom is 0.295 e. The number of nitro benzene ring substituents is 1. The standard InChI is InChI=1S/C26H33N3O5S/c1-3-5-14-27(15-6-4-2)16-8-17-28-23(21-9-7-18-35-21)22(25(31)26(28)32)24(30)19-10-12-20(13-11-19)29(33)34/h7,9-13,18,23,30H,3-6,8,14-17H2,1-2H3/t23-/m0/s1. The highest BCUT2D eigenvalue weighted by Gasteiger charge is 2.46. The fraction of sp³-hybridized carbons (Fsp3) is 0.462. The number of aliphatic hydroxyl groups excluding tert-OH is 1. The number of nitrogens with zero attached hydrogens (tertiary/aromatic N) is 3. The second kappa shape index (κ2) is 12.6. The summed E-state index contributed by atoms with van der Waals surface area (Å²) in [7, 11) is 0. The molecule has 2 heterocycles. The maximum atomic E-state index is 13.1. The molecule has 1 aliphatic heterocycles. The van der Waals surface area contributed by atoms with Crippen molar-refractivity contribution in [2.45, 2.75) is 52.0 Å². The second-order valence-electron chi connectivity index (χ2n) is 8.71. The highest BCUT2D eigenvalue weighted by Crippen LogP contribution is 2.41. The van der Waals surface area contributed by atoms with E-state index in [-0.39, 0.29) is 22.6 Å².